The van der Waals surface area contributed by atoms with Gasteiger partial charge in [0.05, 0.1) is 12.6 Å². The van der Waals surface area contributed by atoms with E-state index >= 15 is 0 Å². The Kier molecular flexibility index (Phi) is 4.55. The summed E-state index contributed by atoms with van der Waals surface area (Å²) in [6, 6.07) is 9.09. The predicted octanol–water partition coefficient (Wildman–Crippen LogP) is 0.462. The van der Waals surface area contributed by atoms with Gasteiger partial charge in [-0.2, -0.15) is 5.10 Å². The standard InChI is InChI=1S/C14H17N5O2/c1-19(2)12-5-3-10(4-6-12)9-15-17-13(20)7-11-8-14(21)18-16-11/h3-6,8-9H,7H2,1-2H3,(H,17,20)(H2,16,18,21)/b15-9+. The number of hydrazone groups is 1. The highest BCUT2D eigenvalue weighted by atomic mass is 16.2. The Bertz CT molecular complexity index is 682. The van der Waals surface area contributed by atoms with Crippen LogP contribution in [0, 0.1) is 0 Å². The second kappa shape index (κ2) is 6.56. The van der Waals surface area contributed by atoms with Crippen molar-refractivity contribution in [1.82, 2.24) is 15.6 Å². The minimum atomic E-state index is -0.300. The predicted molar refractivity (Wildman–Crippen MR) is 81.6 cm³/mol. The Labute approximate surface area is 121 Å². The van der Waals surface area contributed by atoms with Crippen molar-refractivity contribution in [3.05, 3.63) is 51.9 Å². The normalized spacial score (nSPS) is 10.8. The Morgan fingerprint density at radius 2 is 2.00 bits per heavy atom. The first-order valence-corrected chi connectivity index (χ1v) is 6.40. The van der Waals surface area contributed by atoms with Gasteiger partial charge in [0.25, 0.3) is 5.56 Å². The number of hydrogen-bond donors (Lipinski definition) is 3. The Morgan fingerprint density at radius 3 is 2.57 bits per heavy atom. The van der Waals surface area contributed by atoms with Crippen LogP contribution >= 0.6 is 0 Å². The van der Waals surface area contributed by atoms with E-state index in [0.717, 1.165) is 11.3 Å². The molecule has 0 saturated carbocycles. The fourth-order valence-electron chi connectivity index (χ4n) is 1.72. The molecule has 0 bridgehead atoms. The molecule has 0 spiro atoms. The van der Waals surface area contributed by atoms with Gasteiger partial charge in [-0.3, -0.25) is 14.7 Å². The van der Waals surface area contributed by atoms with Gasteiger partial charge in [0.15, 0.2) is 0 Å². The second-order valence-electron chi connectivity index (χ2n) is 4.74. The SMILES string of the molecule is CN(C)c1ccc(/C=N/NC(=O)Cc2cc(=O)[nH][nH]2)cc1. The largest absolute Gasteiger partial charge is 0.378 e. The van der Waals surface area contributed by atoms with Crippen molar-refractivity contribution in [3.63, 3.8) is 0 Å². The number of hydrogen-bond acceptors (Lipinski definition) is 4. The maximum Gasteiger partial charge on any atom is 0.264 e. The molecule has 0 aliphatic heterocycles. The summed E-state index contributed by atoms with van der Waals surface area (Å²) in [4.78, 5) is 24.5. The number of carbonyl (C=O) groups is 1. The summed E-state index contributed by atoms with van der Waals surface area (Å²) in [5, 5.41) is 8.85. The minimum absolute atomic E-state index is 0.0651. The number of nitrogens with one attached hydrogen (secondary N) is 3. The average molecular weight is 287 g/mol. The van der Waals surface area contributed by atoms with Gasteiger partial charge in [-0.25, -0.2) is 5.43 Å². The first kappa shape index (κ1) is 14.6. The molecule has 2 aromatic rings. The maximum absolute atomic E-state index is 11.6. The minimum Gasteiger partial charge on any atom is -0.378 e. The van der Waals surface area contributed by atoms with Gasteiger partial charge in [0, 0.05) is 31.5 Å². The number of H-pyrrole nitrogens is 2. The summed E-state index contributed by atoms with van der Waals surface area (Å²) in [6.45, 7) is 0. The fraction of sp³-hybridized carbons (Fsp3) is 0.214. The highest BCUT2D eigenvalue weighted by molar-refractivity contribution is 5.83. The molecular formula is C14H17N5O2. The summed E-state index contributed by atoms with van der Waals surface area (Å²) < 4.78 is 0. The number of amides is 1. The lowest BCUT2D eigenvalue weighted by atomic mass is 10.2. The second-order valence-corrected chi connectivity index (χ2v) is 4.74. The van der Waals surface area contributed by atoms with Crippen LogP contribution in [0.15, 0.2) is 40.2 Å². The quantitative estimate of drug-likeness (QED) is 0.551. The van der Waals surface area contributed by atoms with E-state index in [9.17, 15) is 9.59 Å². The van der Waals surface area contributed by atoms with Gasteiger partial charge < -0.3 is 10.00 Å². The molecule has 0 unspecified atom stereocenters. The molecule has 0 saturated heterocycles. The third-order valence-corrected chi connectivity index (χ3v) is 2.81. The van der Waals surface area contributed by atoms with Crippen LogP contribution < -0.4 is 15.9 Å². The average Bonchev–Trinajstić information content (AvgIpc) is 2.84. The maximum atomic E-state index is 11.6. The van der Waals surface area contributed by atoms with E-state index in [0.29, 0.717) is 5.69 Å². The Morgan fingerprint density at radius 1 is 1.29 bits per heavy atom. The molecule has 0 aliphatic rings. The molecule has 21 heavy (non-hydrogen) atoms. The zero-order chi connectivity index (χ0) is 15.2. The van der Waals surface area contributed by atoms with E-state index in [1.54, 1.807) is 6.21 Å². The van der Waals surface area contributed by atoms with E-state index < -0.39 is 0 Å². The van der Waals surface area contributed by atoms with Gasteiger partial charge >= 0.3 is 0 Å². The summed E-state index contributed by atoms with van der Waals surface area (Å²) in [6.07, 6.45) is 1.63. The molecule has 0 fully saturated rings. The van der Waals surface area contributed by atoms with Gasteiger partial charge in [-0.1, -0.05) is 12.1 Å². The molecule has 7 nitrogen and oxygen atoms in total. The van der Waals surface area contributed by atoms with Crippen molar-refractivity contribution < 1.29 is 4.79 Å². The number of nitrogens with zero attached hydrogens (tertiary/aromatic N) is 2. The van der Waals surface area contributed by atoms with Gasteiger partial charge in [-0.15, -0.1) is 0 Å². The molecule has 0 radical (unpaired) electrons. The molecule has 0 aliphatic carbocycles. The van der Waals surface area contributed by atoms with Crippen LogP contribution in [-0.4, -0.2) is 36.4 Å². The van der Waals surface area contributed by atoms with Crippen LogP contribution in [0.2, 0.25) is 0 Å². The Hall–Kier alpha value is -2.83. The third kappa shape index (κ3) is 4.34. The number of anilines is 1. The smallest absolute Gasteiger partial charge is 0.264 e. The van der Waals surface area contributed by atoms with Crippen molar-refractivity contribution in [2.45, 2.75) is 6.42 Å². The molecule has 1 amide bonds. The summed E-state index contributed by atoms with van der Waals surface area (Å²) in [5.74, 6) is -0.300. The monoisotopic (exact) mass is 287 g/mol. The zero-order valence-electron chi connectivity index (χ0n) is 11.9. The van der Waals surface area contributed by atoms with E-state index in [-0.39, 0.29) is 17.9 Å². The molecular weight excluding hydrogens is 270 g/mol. The molecule has 1 aromatic carbocycles. The van der Waals surface area contributed by atoms with Crippen LogP contribution in [-0.2, 0) is 11.2 Å². The summed E-state index contributed by atoms with van der Waals surface area (Å²) in [7, 11) is 3.93. The zero-order valence-corrected chi connectivity index (χ0v) is 11.9. The van der Waals surface area contributed by atoms with Crippen LogP contribution in [0.4, 0.5) is 5.69 Å². The van der Waals surface area contributed by atoms with Crippen molar-refractivity contribution in [3.8, 4) is 0 Å². The van der Waals surface area contributed by atoms with Crippen LogP contribution in [0.3, 0.4) is 0 Å². The topological polar surface area (TPSA) is 93.3 Å². The van der Waals surface area contributed by atoms with Gasteiger partial charge in [0.1, 0.15) is 0 Å². The van der Waals surface area contributed by atoms with Crippen LogP contribution in [0.5, 0.6) is 0 Å². The van der Waals surface area contributed by atoms with E-state index in [4.69, 9.17) is 0 Å². The molecule has 0 atom stereocenters. The highest BCUT2D eigenvalue weighted by Gasteiger charge is 2.03. The lowest BCUT2D eigenvalue weighted by Gasteiger charge is -2.11. The molecule has 7 heteroatoms. The van der Waals surface area contributed by atoms with Crippen molar-refractivity contribution in [1.29, 1.82) is 0 Å². The van der Waals surface area contributed by atoms with Crippen molar-refractivity contribution in [2.24, 2.45) is 5.10 Å². The van der Waals surface area contributed by atoms with E-state index in [1.807, 2.05) is 43.3 Å². The molecule has 110 valence electrons. The number of aromatic nitrogens is 2. The highest BCUT2D eigenvalue weighted by Crippen LogP contribution is 2.10. The number of rotatable bonds is 5. The van der Waals surface area contributed by atoms with Crippen molar-refractivity contribution in [2.75, 3.05) is 19.0 Å². The molecule has 3 N–H and O–H groups in total. The van der Waals surface area contributed by atoms with Gasteiger partial charge in [0.2, 0.25) is 5.91 Å². The lowest BCUT2D eigenvalue weighted by molar-refractivity contribution is -0.120. The molecule has 1 aromatic heterocycles. The van der Waals surface area contributed by atoms with E-state index in [1.165, 1.54) is 6.07 Å². The molecule has 1 heterocycles. The molecule has 2 rings (SSSR count). The van der Waals surface area contributed by atoms with Gasteiger partial charge in [-0.05, 0) is 17.7 Å². The van der Waals surface area contributed by atoms with Crippen LogP contribution in [0.1, 0.15) is 11.3 Å². The Balaban J connectivity index is 1.86. The number of benzene rings is 1. The first-order chi connectivity index (χ1) is 10.0. The first-order valence-electron chi connectivity index (χ1n) is 6.40. The number of carbonyl (C=O) groups excluding carboxylic acids is 1. The van der Waals surface area contributed by atoms with Crippen LogP contribution in [0.25, 0.3) is 0 Å². The van der Waals surface area contributed by atoms with Crippen molar-refractivity contribution >= 4 is 17.8 Å². The fourth-order valence-corrected chi connectivity index (χ4v) is 1.72. The lowest BCUT2D eigenvalue weighted by Crippen LogP contribution is -2.20. The third-order valence-electron chi connectivity index (χ3n) is 2.81. The summed E-state index contributed by atoms with van der Waals surface area (Å²) in [5.41, 5.74) is 4.64. The summed E-state index contributed by atoms with van der Waals surface area (Å²) >= 11 is 0. The van der Waals surface area contributed by atoms with E-state index in [2.05, 4.69) is 20.7 Å². The number of aromatic amines is 2.